The standard InChI is InChI=1S/C11H13NO2/c13-11(14)10-7-9-4-2-1-3-8(9)5-6-12-10/h1-4,10,12H,5-7H2,(H,13,14). The van der Waals surface area contributed by atoms with Crippen LogP contribution in [0.3, 0.4) is 0 Å². The van der Waals surface area contributed by atoms with Crippen molar-refractivity contribution in [3.63, 3.8) is 0 Å². The molecule has 74 valence electrons. The first-order valence-electron chi connectivity index (χ1n) is 4.80. The summed E-state index contributed by atoms with van der Waals surface area (Å²) in [5, 5.41) is 12.0. The highest BCUT2D eigenvalue weighted by Crippen LogP contribution is 2.14. The predicted molar refractivity (Wildman–Crippen MR) is 53.3 cm³/mol. The molecule has 0 saturated carbocycles. The second-order valence-electron chi connectivity index (χ2n) is 3.57. The molecule has 1 aliphatic heterocycles. The molecule has 2 rings (SSSR count). The number of fused-ring (bicyclic) bond motifs is 1. The van der Waals surface area contributed by atoms with Crippen LogP contribution in [0.25, 0.3) is 0 Å². The van der Waals surface area contributed by atoms with Crippen LogP contribution >= 0.6 is 0 Å². The quantitative estimate of drug-likeness (QED) is 0.691. The smallest absolute Gasteiger partial charge is 0.321 e. The Bertz CT molecular complexity index is 349. The van der Waals surface area contributed by atoms with Gasteiger partial charge in [-0.25, -0.2) is 0 Å². The van der Waals surface area contributed by atoms with Crippen molar-refractivity contribution >= 4 is 5.97 Å². The number of nitrogens with one attached hydrogen (secondary N) is 1. The van der Waals surface area contributed by atoms with E-state index in [4.69, 9.17) is 5.11 Å². The lowest BCUT2D eigenvalue weighted by Crippen LogP contribution is -2.37. The van der Waals surface area contributed by atoms with Crippen LogP contribution in [0.1, 0.15) is 11.1 Å². The summed E-state index contributed by atoms with van der Waals surface area (Å²) < 4.78 is 0. The molecule has 0 saturated heterocycles. The van der Waals surface area contributed by atoms with E-state index in [0.717, 1.165) is 18.5 Å². The zero-order valence-electron chi connectivity index (χ0n) is 7.86. The Hall–Kier alpha value is -1.35. The molecule has 0 aromatic heterocycles. The predicted octanol–water partition coefficient (Wildman–Crippen LogP) is 0.828. The van der Waals surface area contributed by atoms with Gasteiger partial charge < -0.3 is 10.4 Å². The van der Waals surface area contributed by atoms with Crippen molar-refractivity contribution in [2.75, 3.05) is 6.54 Å². The lowest BCUT2D eigenvalue weighted by atomic mass is 10.0. The van der Waals surface area contributed by atoms with Crippen molar-refractivity contribution in [3.05, 3.63) is 35.4 Å². The summed E-state index contributed by atoms with van der Waals surface area (Å²) in [4.78, 5) is 10.9. The highest BCUT2D eigenvalue weighted by atomic mass is 16.4. The van der Waals surface area contributed by atoms with Crippen LogP contribution < -0.4 is 5.32 Å². The molecule has 0 radical (unpaired) electrons. The van der Waals surface area contributed by atoms with E-state index in [1.807, 2.05) is 18.2 Å². The third kappa shape index (κ3) is 1.77. The van der Waals surface area contributed by atoms with E-state index >= 15 is 0 Å². The minimum Gasteiger partial charge on any atom is -0.480 e. The molecular formula is C11H13NO2. The zero-order valence-corrected chi connectivity index (χ0v) is 7.86. The SMILES string of the molecule is O=C(O)C1Cc2ccccc2CCN1. The Morgan fingerprint density at radius 3 is 2.79 bits per heavy atom. The zero-order chi connectivity index (χ0) is 9.97. The molecule has 1 aliphatic rings. The summed E-state index contributed by atoms with van der Waals surface area (Å²) in [7, 11) is 0. The van der Waals surface area contributed by atoms with Gasteiger partial charge >= 0.3 is 5.97 Å². The normalized spacial score (nSPS) is 21.0. The maximum atomic E-state index is 10.9. The van der Waals surface area contributed by atoms with Gasteiger partial charge in [0.15, 0.2) is 0 Å². The van der Waals surface area contributed by atoms with Crippen LogP contribution in [0.5, 0.6) is 0 Å². The molecule has 0 spiro atoms. The van der Waals surface area contributed by atoms with E-state index in [2.05, 4.69) is 11.4 Å². The summed E-state index contributed by atoms with van der Waals surface area (Å²) in [6.45, 7) is 0.744. The summed E-state index contributed by atoms with van der Waals surface area (Å²) in [5.41, 5.74) is 2.42. The van der Waals surface area contributed by atoms with Crippen LogP contribution in [0.2, 0.25) is 0 Å². The van der Waals surface area contributed by atoms with E-state index in [9.17, 15) is 4.79 Å². The summed E-state index contributed by atoms with van der Waals surface area (Å²) in [6, 6.07) is 7.61. The number of carboxylic acids is 1. The van der Waals surface area contributed by atoms with Crippen LogP contribution in [-0.2, 0) is 17.6 Å². The third-order valence-electron chi connectivity index (χ3n) is 2.63. The molecule has 1 aromatic rings. The maximum absolute atomic E-state index is 10.9. The van der Waals surface area contributed by atoms with Gasteiger partial charge in [-0.3, -0.25) is 4.79 Å². The third-order valence-corrected chi connectivity index (χ3v) is 2.63. The number of benzene rings is 1. The van der Waals surface area contributed by atoms with Gasteiger partial charge in [0, 0.05) is 0 Å². The second kappa shape index (κ2) is 3.80. The summed E-state index contributed by atoms with van der Waals surface area (Å²) >= 11 is 0. The molecule has 1 atom stereocenters. The van der Waals surface area contributed by atoms with E-state index in [0.29, 0.717) is 6.42 Å². The molecule has 0 bridgehead atoms. The van der Waals surface area contributed by atoms with Gasteiger partial charge in [-0.2, -0.15) is 0 Å². The average molecular weight is 191 g/mol. The minimum atomic E-state index is -0.762. The van der Waals surface area contributed by atoms with Gasteiger partial charge in [0.05, 0.1) is 0 Å². The molecule has 0 amide bonds. The van der Waals surface area contributed by atoms with Crippen molar-refractivity contribution in [1.29, 1.82) is 0 Å². The Morgan fingerprint density at radius 2 is 2.07 bits per heavy atom. The van der Waals surface area contributed by atoms with Gasteiger partial charge in [0.2, 0.25) is 0 Å². The Labute approximate surface area is 82.8 Å². The number of aliphatic carboxylic acids is 1. The molecule has 14 heavy (non-hydrogen) atoms. The van der Waals surface area contributed by atoms with Crippen molar-refractivity contribution in [3.8, 4) is 0 Å². The fourth-order valence-electron chi connectivity index (χ4n) is 1.85. The molecular weight excluding hydrogens is 178 g/mol. The molecule has 0 fully saturated rings. The number of rotatable bonds is 1. The number of hydrogen-bond acceptors (Lipinski definition) is 2. The largest absolute Gasteiger partial charge is 0.480 e. The topological polar surface area (TPSA) is 49.3 Å². The number of carbonyl (C=O) groups is 1. The Balaban J connectivity index is 2.26. The second-order valence-corrected chi connectivity index (χ2v) is 3.57. The van der Waals surface area contributed by atoms with Gasteiger partial charge in [0.25, 0.3) is 0 Å². The van der Waals surface area contributed by atoms with Gasteiger partial charge in [-0.1, -0.05) is 24.3 Å². The fraction of sp³-hybridized carbons (Fsp3) is 0.364. The van der Waals surface area contributed by atoms with E-state index in [1.165, 1.54) is 5.56 Å². The number of carboxylic acid groups (broad SMARTS) is 1. The van der Waals surface area contributed by atoms with Crippen molar-refractivity contribution in [2.45, 2.75) is 18.9 Å². The highest BCUT2D eigenvalue weighted by molar-refractivity contribution is 5.74. The van der Waals surface area contributed by atoms with Crippen molar-refractivity contribution in [1.82, 2.24) is 5.32 Å². The first kappa shape index (κ1) is 9.21. The average Bonchev–Trinajstić information content (AvgIpc) is 2.39. The molecule has 2 N–H and O–H groups in total. The number of hydrogen-bond donors (Lipinski definition) is 2. The van der Waals surface area contributed by atoms with Crippen LogP contribution in [0, 0.1) is 0 Å². The van der Waals surface area contributed by atoms with E-state index in [-0.39, 0.29) is 0 Å². The van der Waals surface area contributed by atoms with Crippen LogP contribution in [0.4, 0.5) is 0 Å². The van der Waals surface area contributed by atoms with Crippen molar-refractivity contribution < 1.29 is 9.90 Å². The van der Waals surface area contributed by atoms with E-state index in [1.54, 1.807) is 0 Å². The van der Waals surface area contributed by atoms with Gasteiger partial charge in [-0.15, -0.1) is 0 Å². The molecule has 3 nitrogen and oxygen atoms in total. The minimum absolute atomic E-state index is 0.432. The molecule has 3 heteroatoms. The van der Waals surface area contributed by atoms with Gasteiger partial charge in [-0.05, 0) is 30.5 Å². The molecule has 1 heterocycles. The lowest BCUT2D eigenvalue weighted by Gasteiger charge is -2.10. The Morgan fingerprint density at radius 1 is 1.36 bits per heavy atom. The Kier molecular flexibility index (Phi) is 2.50. The van der Waals surface area contributed by atoms with E-state index < -0.39 is 12.0 Å². The molecule has 0 aliphatic carbocycles. The van der Waals surface area contributed by atoms with Crippen molar-refractivity contribution in [2.24, 2.45) is 0 Å². The summed E-state index contributed by atoms with van der Waals surface area (Å²) in [5.74, 6) is -0.762. The van der Waals surface area contributed by atoms with Gasteiger partial charge in [0.1, 0.15) is 6.04 Å². The van der Waals surface area contributed by atoms with Crippen LogP contribution in [-0.4, -0.2) is 23.7 Å². The molecule has 1 unspecified atom stereocenters. The lowest BCUT2D eigenvalue weighted by molar-refractivity contribution is -0.139. The monoisotopic (exact) mass is 191 g/mol. The maximum Gasteiger partial charge on any atom is 0.321 e. The van der Waals surface area contributed by atoms with Crippen LogP contribution in [0.15, 0.2) is 24.3 Å². The highest BCUT2D eigenvalue weighted by Gasteiger charge is 2.20. The fourth-order valence-corrected chi connectivity index (χ4v) is 1.85. The first-order valence-corrected chi connectivity index (χ1v) is 4.80. The summed E-state index contributed by atoms with van der Waals surface area (Å²) in [6.07, 6.45) is 1.51. The first-order chi connectivity index (χ1) is 6.77. The molecule has 1 aromatic carbocycles.